The van der Waals surface area contributed by atoms with Crippen molar-refractivity contribution in [1.29, 1.82) is 0 Å². The zero-order valence-electron chi connectivity index (χ0n) is 13.9. The molecule has 0 radical (unpaired) electrons. The molecule has 1 aromatic heterocycles. The fourth-order valence-corrected chi connectivity index (χ4v) is 3.87. The van der Waals surface area contributed by atoms with Gasteiger partial charge in [0.2, 0.25) is 0 Å². The molecule has 6 nitrogen and oxygen atoms in total. The van der Waals surface area contributed by atoms with Gasteiger partial charge in [-0.05, 0) is 43.5 Å². The van der Waals surface area contributed by atoms with E-state index in [-0.39, 0.29) is 12.0 Å². The van der Waals surface area contributed by atoms with Crippen molar-refractivity contribution >= 4 is 5.95 Å². The molecular formula is C18H23N3O3. The lowest BCUT2D eigenvalue weighted by molar-refractivity contribution is -0.108. The Morgan fingerprint density at radius 3 is 2.92 bits per heavy atom. The molecular weight excluding hydrogens is 306 g/mol. The number of benzene rings is 1. The van der Waals surface area contributed by atoms with Gasteiger partial charge in [0.1, 0.15) is 0 Å². The predicted octanol–water partition coefficient (Wildman–Crippen LogP) is 2.49. The second-order valence-corrected chi connectivity index (χ2v) is 6.96. The highest BCUT2D eigenvalue weighted by molar-refractivity contribution is 5.54. The number of aliphatic hydroxyl groups is 1. The zero-order chi connectivity index (χ0) is 16.6. The molecule has 6 heteroatoms. The molecule has 1 aromatic carbocycles. The fraction of sp³-hybridized carbons (Fsp3) is 0.556. The zero-order valence-corrected chi connectivity index (χ0v) is 13.9. The van der Waals surface area contributed by atoms with Crippen LogP contribution in [0.4, 0.5) is 5.95 Å². The molecule has 0 aliphatic carbocycles. The molecule has 3 heterocycles. The molecule has 128 valence electrons. The molecule has 2 saturated heterocycles. The van der Waals surface area contributed by atoms with Crippen molar-refractivity contribution in [1.82, 2.24) is 10.1 Å². The first-order valence-electron chi connectivity index (χ1n) is 8.61. The number of hydrogen-bond acceptors (Lipinski definition) is 6. The summed E-state index contributed by atoms with van der Waals surface area (Å²) in [5, 5.41) is 15.0. The van der Waals surface area contributed by atoms with Gasteiger partial charge >= 0.3 is 0 Å². The van der Waals surface area contributed by atoms with Gasteiger partial charge in [-0.3, -0.25) is 0 Å². The summed E-state index contributed by atoms with van der Waals surface area (Å²) in [6.45, 7) is 4.00. The fourth-order valence-electron chi connectivity index (χ4n) is 3.87. The Hall–Kier alpha value is -1.92. The van der Waals surface area contributed by atoms with Gasteiger partial charge in [0.25, 0.3) is 11.8 Å². The highest BCUT2D eigenvalue weighted by Crippen LogP contribution is 2.37. The number of anilines is 1. The monoisotopic (exact) mass is 329 g/mol. The molecule has 0 bridgehead atoms. The van der Waals surface area contributed by atoms with E-state index in [1.54, 1.807) is 0 Å². The second-order valence-electron chi connectivity index (χ2n) is 6.96. The maximum absolute atomic E-state index is 10.8. The van der Waals surface area contributed by atoms with Crippen LogP contribution in [0.15, 0.2) is 34.9 Å². The third kappa shape index (κ3) is 2.80. The van der Waals surface area contributed by atoms with E-state index in [1.807, 2.05) is 37.3 Å². The third-order valence-electron chi connectivity index (χ3n) is 5.31. The summed E-state index contributed by atoms with van der Waals surface area (Å²) in [7, 11) is 0. The van der Waals surface area contributed by atoms with Crippen LogP contribution in [0, 0.1) is 5.92 Å². The van der Waals surface area contributed by atoms with Gasteiger partial charge in [0, 0.05) is 30.7 Å². The Morgan fingerprint density at radius 1 is 1.29 bits per heavy atom. The van der Waals surface area contributed by atoms with Crippen LogP contribution in [0.3, 0.4) is 0 Å². The van der Waals surface area contributed by atoms with Gasteiger partial charge in [-0.15, -0.1) is 0 Å². The van der Waals surface area contributed by atoms with Crippen LogP contribution in [0.25, 0.3) is 11.5 Å². The summed E-state index contributed by atoms with van der Waals surface area (Å²) >= 11 is 0. The maximum atomic E-state index is 10.8. The van der Waals surface area contributed by atoms with Crippen LogP contribution in [0.2, 0.25) is 0 Å². The first kappa shape index (κ1) is 15.6. The number of ether oxygens (including phenoxy) is 1. The van der Waals surface area contributed by atoms with E-state index in [0.29, 0.717) is 31.5 Å². The van der Waals surface area contributed by atoms with E-state index in [0.717, 1.165) is 24.9 Å². The van der Waals surface area contributed by atoms with Crippen molar-refractivity contribution in [3.63, 3.8) is 0 Å². The van der Waals surface area contributed by atoms with Crippen molar-refractivity contribution in [2.24, 2.45) is 5.92 Å². The van der Waals surface area contributed by atoms with Gasteiger partial charge in [0.15, 0.2) is 0 Å². The van der Waals surface area contributed by atoms with Crippen molar-refractivity contribution in [3.8, 4) is 11.5 Å². The molecule has 1 N–H and O–H groups in total. The molecule has 0 spiro atoms. The van der Waals surface area contributed by atoms with Crippen LogP contribution >= 0.6 is 0 Å². The minimum atomic E-state index is -0.711. The number of hydrogen-bond donors (Lipinski definition) is 1. The van der Waals surface area contributed by atoms with E-state index in [1.165, 1.54) is 0 Å². The molecule has 0 saturated carbocycles. The normalized spacial score (nSPS) is 30.7. The standard InChI is InChI=1S/C18H23N3O3/c1-18(22)9-11-23-12-14(18)15-8-5-10-21(15)17-19-16(24-20-17)13-6-3-2-4-7-13/h2-4,6-7,14-15,22H,5,8-12H2,1H3. The average molecular weight is 329 g/mol. The maximum Gasteiger partial charge on any atom is 0.266 e. The van der Waals surface area contributed by atoms with Crippen molar-refractivity contribution in [2.45, 2.75) is 37.8 Å². The summed E-state index contributed by atoms with van der Waals surface area (Å²) in [6, 6.07) is 9.96. The summed E-state index contributed by atoms with van der Waals surface area (Å²) in [5.41, 5.74) is 0.206. The first-order valence-corrected chi connectivity index (χ1v) is 8.61. The highest BCUT2D eigenvalue weighted by atomic mass is 16.5. The number of rotatable bonds is 3. The van der Waals surface area contributed by atoms with Gasteiger partial charge in [0.05, 0.1) is 12.2 Å². The Bertz CT molecular complexity index is 686. The smallest absolute Gasteiger partial charge is 0.266 e. The molecule has 4 rings (SSSR count). The van der Waals surface area contributed by atoms with E-state index in [4.69, 9.17) is 9.26 Å². The first-order chi connectivity index (χ1) is 11.6. The van der Waals surface area contributed by atoms with E-state index in [2.05, 4.69) is 15.0 Å². The Labute approximate surface area is 141 Å². The van der Waals surface area contributed by atoms with Crippen LogP contribution in [-0.4, -0.2) is 46.6 Å². The Kier molecular flexibility index (Phi) is 4.02. The van der Waals surface area contributed by atoms with Crippen molar-refractivity contribution in [2.75, 3.05) is 24.7 Å². The summed E-state index contributed by atoms with van der Waals surface area (Å²) in [4.78, 5) is 6.75. The van der Waals surface area contributed by atoms with Gasteiger partial charge < -0.3 is 19.3 Å². The van der Waals surface area contributed by atoms with Crippen molar-refractivity contribution < 1.29 is 14.4 Å². The molecule has 0 amide bonds. The lowest BCUT2D eigenvalue weighted by Crippen LogP contribution is -2.52. The SMILES string of the molecule is CC1(O)CCOCC1C1CCCN1c1noc(-c2ccccc2)n1. The lowest BCUT2D eigenvalue weighted by atomic mass is 9.79. The van der Waals surface area contributed by atoms with Gasteiger partial charge in [-0.2, -0.15) is 4.98 Å². The largest absolute Gasteiger partial charge is 0.390 e. The summed E-state index contributed by atoms with van der Waals surface area (Å²) < 4.78 is 11.1. The minimum Gasteiger partial charge on any atom is -0.390 e. The highest BCUT2D eigenvalue weighted by Gasteiger charge is 2.45. The summed E-state index contributed by atoms with van der Waals surface area (Å²) in [5.74, 6) is 1.20. The molecule has 3 unspecified atom stereocenters. The minimum absolute atomic E-state index is 0.0624. The summed E-state index contributed by atoms with van der Waals surface area (Å²) in [6.07, 6.45) is 2.75. The molecule has 2 aliphatic heterocycles. The average Bonchev–Trinajstić information content (AvgIpc) is 3.24. The molecule has 24 heavy (non-hydrogen) atoms. The Morgan fingerprint density at radius 2 is 2.12 bits per heavy atom. The van der Waals surface area contributed by atoms with Gasteiger partial charge in [-0.25, -0.2) is 0 Å². The molecule has 2 aromatic rings. The quantitative estimate of drug-likeness (QED) is 0.933. The van der Waals surface area contributed by atoms with E-state index < -0.39 is 5.60 Å². The van der Waals surface area contributed by atoms with Crippen molar-refractivity contribution in [3.05, 3.63) is 30.3 Å². The van der Waals surface area contributed by atoms with Crippen LogP contribution in [0.1, 0.15) is 26.2 Å². The van der Waals surface area contributed by atoms with E-state index in [9.17, 15) is 5.11 Å². The third-order valence-corrected chi connectivity index (χ3v) is 5.31. The topological polar surface area (TPSA) is 71.6 Å². The second kappa shape index (κ2) is 6.18. The predicted molar refractivity (Wildman–Crippen MR) is 89.7 cm³/mol. The molecule has 2 aliphatic rings. The number of nitrogens with zero attached hydrogens (tertiary/aromatic N) is 3. The lowest BCUT2D eigenvalue weighted by Gasteiger charge is -2.42. The van der Waals surface area contributed by atoms with Crippen LogP contribution in [0.5, 0.6) is 0 Å². The van der Waals surface area contributed by atoms with E-state index >= 15 is 0 Å². The molecule has 3 atom stereocenters. The van der Waals surface area contributed by atoms with Crippen LogP contribution in [-0.2, 0) is 4.74 Å². The van der Waals surface area contributed by atoms with Gasteiger partial charge in [-0.1, -0.05) is 18.2 Å². The van der Waals surface area contributed by atoms with Crippen LogP contribution < -0.4 is 4.90 Å². The molecule has 2 fully saturated rings. The Balaban J connectivity index is 1.58. The number of aromatic nitrogens is 2.